The number of hydrazine groups is 1. The van der Waals surface area contributed by atoms with Gasteiger partial charge in [0.25, 0.3) is 5.91 Å². The van der Waals surface area contributed by atoms with Crippen molar-refractivity contribution in [1.82, 2.24) is 10.9 Å². The lowest BCUT2D eigenvalue weighted by molar-refractivity contribution is 0.102. The number of nitrogens with two attached hydrogens (primary N) is 1. The van der Waals surface area contributed by atoms with Crippen LogP contribution in [0.25, 0.3) is 5.70 Å². The first-order valence-corrected chi connectivity index (χ1v) is 6.63. The molecule has 0 fully saturated rings. The summed E-state index contributed by atoms with van der Waals surface area (Å²) in [6.07, 6.45) is 0. The van der Waals surface area contributed by atoms with Crippen LogP contribution in [0.1, 0.15) is 15.9 Å². The van der Waals surface area contributed by atoms with E-state index in [0.717, 1.165) is 0 Å². The van der Waals surface area contributed by atoms with Crippen molar-refractivity contribution in [3.05, 3.63) is 72.1 Å². The molecule has 0 aliphatic heterocycles. The largest absolute Gasteiger partial charge is 0.350 e. The number of carbonyl (C=O) groups excluding carboxylic acids is 2. The third kappa shape index (κ3) is 4.57. The Morgan fingerprint density at radius 1 is 0.913 bits per heavy atom. The Morgan fingerprint density at radius 2 is 1.48 bits per heavy atom. The van der Waals surface area contributed by atoms with Crippen LogP contribution in [0, 0.1) is 5.82 Å². The summed E-state index contributed by atoms with van der Waals surface area (Å²) in [5, 5.41) is 2.69. The van der Waals surface area contributed by atoms with Gasteiger partial charge in [-0.25, -0.2) is 9.18 Å². The normalized spacial score (nSPS) is 9.78. The summed E-state index contributed by atoms with van der Waals surface area (Å²) in [7, 11) is 0. The highest BCUT2D eigenvalue weighted by Gasteiger charge is 2.06. The molecule has 0 spiro atoms. The molecule has 0 atom stereocenters. The fourth-order valence-electron chi connectivity index (χ4n) is 1.77. The Balaban J connectivity index is 1.99. The average molecular weight is 314 g/mol. The summed E-state index contributed by atoms with van der Waals surface area (Å²) in [6, 6.07) is 11.3. The molecular weight excluding hydrogens is 299 g/mol. The zero-order valence-electron chi connectivity index (χ0n) is 12.1. The highest BCUT2D eigenvalue weighted by molar-refractivity contribution is 6.04. The predicted octanol–water partition coefficient (Wildman–Crippen LogP) is 2.22. The van der Waals surface area contributed by atoms with Crippen molar-refractivity contribution in [1.29, 1.82) is 0 Å². The molecule has 0 aliphatic carbocycles. The van der Waals surface area contributed by atoms with Crippen LogP contribution in [-0.4, -0.2) is 11.9 Å². The molecule has 0 unspecified atom stereocenters. The van der Waals surface area contributed by atoms with Crippen molar-refractivity contribution in [3.8, 4) is 0 Å². The molecule has 118 valence electrons. The van der Waals surface area contributed by atoms with Gasteiger partial charge >= 0.3 is 6.03 Å². The van der Waals surface area contributed by atoms with E-state index in [1.54, 1.807) is 24.3 Å². The second-order valence-electron chi connectivity index (χ2n) is 4.63. The number of urea groups is 1. The Bertz CT molecular complexity index is 727. The van der Waals surface area contributed by atoms with Gasteiger partial charge in [0.15, 0.2) is 0 Å². The van der Waals surface area contributed by atoms with Crippen molar-refractivity contribution in [2.24, 2.45) is 5.73 Å². The molecule has 0 heterocycles. The minimum absolute atomic E-state index is 0.343. The SMILES string of the molecule is C=C(NNC(N)=O)c1ccc(NC(=O)c2ccc(F)cc2)cc1. The van der Waals surface area contributed by atoms with Gasteiger partial charge in [0.05, 0.1) is 5.70 Å². The van der Waals surface area contributed by atoms with E-state index < -0.39 is 11.8 Å². The molecule has 2 rings (SSSR count). The molecule has 0 bridgehead atoms. The lowest BCUT2D eigenvalue weighted by atomic mass is 10.1. The second kappa shape index (κ2) is 7.08. The maximum atomic E-state index is 12.8. The third-order valence-corrected chi connectivity index (χ3v) is 2.93. The van der Waals surface area contributed by atoms with Gasteiger partial charge in [0, 0.05) is 11.3 Å². The lowest BCUT2D eigenvalue weighted by Crippen LogP contribution is -2.39. The van der Waals surface area contributed by atoms with Gasteiger partial charge in [-0.05, 0) is 42.0 Å². The number of hydrogen-bond acceptors (Lipinski definition) is 3. The minimum Gasteiger partial charge on any atom is -0.350 e. The van der Waals surface area contributed by atoms with E-state index in [-0.39, 0.29) is 5.91 Å². The molecule has 23 heavy (non-hydrogen) atoms. The molecule has 2 aromatic carbocycles. The van der Waals surface area contributed by atoms with Crippen molar-refractivity contribution >= 4 is 23.3 Å². The zero-order chi connectivity index (χ0) is 16.8. The zero-order valence-corrected chi connectivity index (χ0v) is 12.1. The van der Waals surface area contributed by atoms with E-state index in [4.69, 9.17) is 5.73 Å². The quantitative estimate of drug-likeness (QED) is 0.637. The summed E-state index contributed by atoms with van der Waals surface area (Å²) < 4.78 is 12.8. The molecule has 7 heteroatoms. The van der Waals surface area contributed by atoms with Gasteiger partial charge in [0.2, 0.25) is 0 Å². The van der Waals surface area contributed by atoms with Gasteiger partial charge in [-0.1, -0.05) is 18.7 Å². The highest BCUT2D eigenvalue weighted by Crippen LogP contribution is 2.15. The summed E-state index contributed by atoms with van der Waals surface area (Å²) >= 11 is 0. The molecule has 0 saturated carbocycles. The smallest absolute Gasteiger partial charge is 0.330 e. The molecule has 3 amide bonds. The van der Waals surface area contributed by atoms with Crippen LogP contribution in [0.2, 0.25) is 0 Å². The number of hydrogen-bond donors (Lipinski definition) is 4. The molecule has 2 aromatic rings. The maximum absolute atomic E-state index is 12.8. The van der Waals surface area contributed by atoms with E-state index in [1.807, 2.05) is 0 Å². The van der Waals surface area contributed by atoms with Crippen molar-refractivity contribution in [3.63, 3.8) is 0 Å². The van der Waals surface area contributed by atoms with Crippen LogP contribution in [0.3, 0.4) is 0 Å². The molecule has 0 saturated heterocycles. The molecular formula is C16H15FN4O2. The first kappa shape index (κ1) is 16.0. The van der Waals surface area contributed by atoms with Gasteiger partial charge < -0.3 is 11.1 Å². The van der Waals surface area contributed by atoms with E-state index >= 15 is 0 Å². The fourth-order valence-corrected chi connectivity index (χ4v) is 1.77. The molecule has 6 nitrogen and oxygen atoms in total. The lowest BCUT2D eigenvalue weighted by Gasteiger charge is -2.10. The summed E-state index contributed by atoms with van der Waals surface area (Å²) in [5.74, 6) is -0.744. The number of halogens is 1. The van der Waals surface area contributed by atoms with Crippen molar-refractivity contribution in [2.45, 2.75) is 0 Å². The Morgan fingerprint density at radius 3 is 2.04 bits per heavy atom. The van der Waals surface area contributed by atoms with E-state index in [2.05, 4.69) is 22.7 Å². The fraction of sp³-hybridized carbons (Fsp3) is 0. The number of amides is 3. The number of carbonyl (C=O) groups is 2. The summed E-state index contributed by atoms with van der Waals surface area (Å²) in [4.78, 5) is 22.6. The molecule has 5 N–H and O–H groups in total. The first-order chi connectivity index (χ1) is 11.0. The minimum atomic E-state index is -0.727. The van der Waals surface area contributed by atoms with Gasteiger partial charge in [0.1, 0.15) is 5.82 Å². The van der Waals surface area contributed by atoms with E-state index in [0.29, 0.717) is 22.5 Å². The second-order valence-corrected chi connectivity index (χ2v) is 4.63. The number of benzene rings is 2. The van der Waals surface area contributed by atoms with Gasteiger partial charge in [-0.3, -0.25) is 15.6 Å². The number of anilines is 1. The Labute approximate surface area is 132 Å². The monoisotopic (exact) mass is 314 g/mol. The van der Waals surface area contributed by atoms with Gasteiger partial charge in [-0.2, -0.15) is 0 Å². The standard InChI is InChI=1S/C16H15FN4O2/c1-10(20-21-16(18)23)11-4-8-14(9-5-11)19-15(22)12-2-6-13(17)7-3-12/h2-9,20H,1H2,(H,19,22)(H3,18,21,23). The third-order valence-electron chi connectivity index (χ3n) is 2.93. The number of nitrogens with one attached hydrogen (secondary N) is 3. The van der Waals surface area contributed by atoms with Crippen molar-refractivity contribution < 1.29 is 14.0 Å². The average Bonchev–Trinajstić information content (AvgIpc) is 2.54. The Kier molecular flexibility index (Phi) is 4.93. The number of primary amides is 1. The maximum Gasteiger partial charge on any atom is 0.330 e. The van der Waals surface area contributed by atoms with E-state index in [1.165, 1.54) is 24.3 Å². The van der Waals surface area contributed by atoms with Crippen LogP contribution >= 0.6 is 0 Å². The summed E-state index contributed by atoms with van der Waals surface area (Å²) in [5.41, 5.74) is 11.8. The molecule has 0 radical (unpaired) electrons. The van der Waals surface area contributed by atoms with Crippen LogP contribution < -0.4 is 21.9 Å². The topological polar surface area (TPSA) is 96.2 Å². The van der Waals surface area contributed by atoms with Crippen LogP contribution in [0.15, 0.2) is 55.1 Å². The first-order valence-electron chi connectivity index (χ1n) is 6.63. The predicted molar refractivity (Wildman–Crippen MR) is 85.7 cm³/mol. The van der Waals surface area contributed by atoms with Crippen LogP contribution in [0.4, 0.5) is 14.9 Å². The number of rotatable bonds is 5. The Hall–Kier alpha value is -3.35. The summed E-state index contributed by atoms with van der Waals surface area (Å²) in [6.45, 7) is 3.74. The van der Waals surface area contributed by atoms with Crippen molar-refractivity contribution in [2.75, 3.05) is 5.32 Å². The van der Waals surface area contributed by atoms with E-state index in [9.17, 15) is 14.0 Å². The molecule has 0 aromatic heterocycles. The van der Waals surface area contributed by atoms with Crippen LogP contribution in [-0.2, 0) is 0 Å². The highest BCUT2D eigenvalue weighted by atomic mass is 19.1. The van der Waals surface area contributed by atoms with Gasteiger partial charge in [-0.15, -0.1) is 0 Å². The molecule has 0 aliphatic rings. The van der Waals surface area contributed by atoms with Crippen LogP contribution in [0.5, 0.6) is 0 Å².